The molecule has 2 aromatic carbocycles. The molecule has 2 rings (SSSR count). The van der Waals surface area contributed by atoms with Crippen LogP contribution in [0.4, 0.5) is 5.69 Å². The largest absolute Gasteiger partial charge is 0.325 e. The van der Waals surface area contributed by atoms with Gasteiger partial charge in [0.05, 0.1) is 5.25 Å². The molecule has 0 radical (unpaired) electrons. The van der Waals surface area contributed by atoms with E-state index in [-0.39, 0.29) is 11.2 Å². The normalized spacial score (nSPS) is 11.9. The highest BCUT2D eigenvalue weighted by atomic mass is 127. The minimum absolute atomic E-state index is 0.0248. The zero-order chi connectivity index (χ0) is 14.5. The van der Waals surface area contributed by atoms with Crippen molar-refractivity contribution in [2.24, 2.45) is 0 Å². The molecule has 2 aromatic rings. The molecular formula is C16H16INOS. The van der Waals surface area contributed by atoms with Crippen molar-refractivity contribution in [3.05, 3.63) is 57.7 Å². The third-order valence-electron chi connectivity index (χ3n) is 2.81. The Kier molecular flexibility index (Phi) is 5.48. The summed E-state index contributed by atoms with van der Waals surface area (Å²) in [5.41, 5.74) is 2.07. The van der Waals surface area contributed by atoms with Crippen molar-refractivity contribution < 1.29 is 4.79 Å². The van der Waals surface area contributed by atoms with Crippen molar-refractivity contribution in [1.29, 1.82) is 0 Å². The van der Waals surface area contributed by atoms with Gasteiger partial charge in [0, 0.05) is 14.2 Å². The highest BCUT2D eigenvalue weighted by Gasteiger charge is 2.14. The number of halogens is 1. The minimum atomic E-state index is -0.128. The van der Waals surface area contributed by atoms with Gasteiger partial charge in [-0.05, 0) is 72.8 Å². The first-order chi connectivity index (χ1) is 9.54. The first-order valence-electron chi connectivity index (χ1n) is 6.34. The summed E-state index contributed by atoms with van der Waals surface area (Å²) in [7, 11) is 0. The topological polar surface area (TPSA) is 29.1 Å². The van der Waals surface area contributed by atoms with Crippen LogP contribution in [0.25, 0.3) is 0 Å². The van der Waals surface area contributed by atoms with Gasteiger partial charge in [0.1, 0.15) is 0 Å². The Morgan fingerprint density at radius 2 is 1.70 bits per heavy atom. The number of nitrogens with one attached hydrogen (secondary N) is 1. The molecule has 1 amide bonds. The summed E-state index contributed by atoms with van der Waals surface area (Å²) < 4.78 is 1.16. The number of thioether (sulfide) groups is 1. The fraction of sp³-hybridized carbons (Fsp3) is 0.188. The Morgan fingerprint density at radius 1 is 1.10 bits per heavy atom. The molecule has 4 heteroatoms. The lowest BCUT2D eigenvalue weighted by Gasteiger charge is -2.12. The van der Waals surface area contributed by atoms with Gasteiger partial charge >= 0.3 is 0 Å². The van der Waals surface area contributed by atoms with Crippen molar-refractivity contribution in [3.63, 3.8) is 0 Å². The Hall–Kier alpha value is -1.01. The summed E-state index contributed by atoms with van der Waals surface area (Å²) in [5.74, 6) is 0.0248. The molecule has 0 aliphatic carbocycles. The van der Waals surface area contributed by atoms with E-state index >= 15 is 0 Å². The summed E-state index contributed by atoms with van der Waals surface area (Å²) in [6, 6.07) is 16.0. The van der Waals surface area contributed by atoms with Gasteiger partial charge in [0.25, 0.3) is 0 Å². The van der Waals surface area contributed by atoms with Crippen molar-refractivity contribution >= 4 is 45.9 Å². The second-order valence-corrected chi connectivity index (χ2v) is 7.23. The molecule has 0 saturated heterocycles. The van der Waals surface area contributed by atoms with E-state index in [2.05, 4.69) is 59.1 Å². The quantitative estimate of drug-likeness (QED) is 0.598. The van der Waals surface area contributed by atoms with Crippen molar-refractivity contribution in [2.75, 3.05) is 5.32 Å². The van der Waals surface area contributed by atoms with E-state index in [9.17, 15) is 4.79 Å². The second kappa shape index (κ2) is 7.13. The molecular weight excluding hydrogens is 381 g/mol. The molecule has 1 atom stereocenters. The van der Waals surface area contributed by atoms with E-state index in [0.717, 1.165) is 14.2 Å². The van der Waals surface area contributed by atoms with Crippen LogP contribution in [0.3, 0.4) is 0 Å². The molecule has 1 N–H and O–H groups in total. The molecule has 0 heterocycles. The van der Waals surface area contributed by atoms with E-state index in [1.54, 1.807) is 11.8 Å². The summed E-state index contributed by atoms with van der Waals surface area (Å²) in [4.78, 5) is 13.2. The summed E-state index contributed by atoms with van der Waals surface area (Å²) in [5, 5.41) is 2.81. The van der Waals surface area contributed by atoms with E-state index in [1.165, 1.54) is 5.56 Å². The van der Waals surface area contributed by atoms with Gasteiger partial charge < -0.3 is 5.32 Å². The number of hydrogen-bond donors (Lipinski definition) is 1. The molecule has 2 nitrogen and oxygen atoms in total. The molecule has 20 heavy (non-hydrogen) atoms. The predicted octanol–water partition coefficient (Wildman–Crippen LogP) is 4.72. The highest BCUT2D eigenvalue weighted by Crippen LogP contribution is 2.24. The number of amides is 1. The Balaban J connectivity index is 1.94. The maximum Gasteiger partial charge on any atom is 0.237 e. The summed E-state index contributed by atoms with van der Waals surface area (Å²) in [6.45, 7) is 3.98. The van der Waals surface area contributed by atoms with E-state index in [0.29, 0.717) is 0 Å². The van der Waals surface area contributed by atoms with Crippen LogP contribution >= 0.6 is 34.4 Å². The average molecular weight is 397 g/mol. The fourth-order valence-electron chi connectivity index (χ4n) is 1.65. The van der Waals surface area contributed by atoms with Gasteiger partial charge in [0.15, 0.2) is 0 Å². The molecule has 0 fully saturated rings. The van der Waals surface area contributed by atoms with Crippen LogP contribution < -0.4 is 5.32 Å². The Labute approximate surface area is 137 Å². The third kappa shape index (κ3) is 4.52. The average Bonchev–Trinajstić information content (AvgIpc) is 2.44. The molecule has 0 unspecified atom stereocenters. The lowest BCUT2D eigenvalue weighted by Crippen LogP contribution is -2.22. The molecule has 0 aromatic heterocycles. The van der Waals surface area contributed by atoms with Gasteiger partial charge in [0.2, 0.25) is 5.91 Å². The maximum absolute atomic E-state index is 12.1. The Morgan fingerprint density at radius 3 is 2.30 bits per heavy atom. The highest BCUT2D eigenvalue weighted by molar-refractivity contribution is 14.1. The number of benzene rings is 2. The third-order valence-corrected chi connectivity index (χ3v) is 4.65. The molecule has 0 aliphatic rings. The fourth-order valence-corrected chi connectivity index (χ4v) is 2.88. The van der Waals surface area contributed by atoms with Crippen molar-refractivity contribution in [1.82, 2.24) is 0 Å². The maximum atomic E-state index is 12.1. The lowest BCUT2D eigenvalue weighted by atomic mass is 10.2. The molecule has 0 spiro atoms. The molecule has 0 saturated carbocycles. The Bertz CT molecular complexity index is 580. The monoisotopic (exact) mass is 397 g/mol. The van der Waals surface area contributed by atoms with E-state index in [1.807, 2.05) is 31.2 Å². The van der Waals surface area contributed by atoms with Gasteiger partial charge in [-0.1, -0.05) is 17.7 Å². The molecule has 0 bridgehead atoms. The standard InChI is InChI=1S/C16H16INOS/c1-11-3-9-15(10-4-11)20-12(2)16(19)18-14-7-5-13(17)6-8-14/h3-10,12H,1-2H3,(H,18,19)/t12-/m0/s1. The number of rotatable bonds is 4. The minimum Gasteiger partial charge on any atom is -0.325 e. The van der Waals surface area contributed by atoms with Crippen LogP contribution in [-0.4, -0.2) is 11.2 Å². The van der Waals surface area contributed by atoms with Gasteiger partial charge in [-0.25, -0.2) is 0 Å². The molecule has 104 valence electrons. The van der Waals surface area contributed by atoms with Gasteiger partial charge in [-0.2, -0.15) is 0 Å². The van der Waals surface area contributed by atoms with Crippen LogP contribution in [0.2, 0.25) is 0 Å². The van der Waals surface area contributed by atoms with Crippen LogP contribution in [0.1, 0.15) is 12.5 Å². The number of hydrogen-bond acceptors (Lipinski definition) is 2. The van der Waals surface area contributed by atoms with E-state index < -0.39 is 0 Å². The van der Waals surface area contributed by atoms with Crippen LogP contribution in [0.15, 0.2) is 53.4 Å². The van der Waals surface area contributed by atoms with Gasteiger partial charge in [-0.15, -0.1) is 11.8 Å². The van der Waals surface area contributed by atoms with E-state index in [4.69, 9.17) is 0 Å². The van der Waals surface area contributed by atoms with Gasteiger partial charge in [-0.3, -0.25) is 4.79 Å². The summed E-state index contributed by atoms with van der Waals surface area (Å²) >= 11 is 3.81. The van der Waals surface area contributed by atoms with Crippen molar-refractivity contribution in [3.8, 4) is 0 Å². The zero-order valence-electron chi connectivity index (χ0n) is 11.4. The SMILES string of the molecule is Cc1ccc(S[C@@H](C)C(=O)Nc2ccc(I)cc2)cc1. The molecule has 0 aliphatic heterocycles. The number of anilines is 1. The predicted molar refractivity (Wildman–Crippen MR) is 94.3 cm³/mol. The summed E-state index contributed by atoms with van der Waals surface area (Å²) in [6.07, 6.45) is 0. The second-order valence-electron chi connectivity index (χ2n) is 4.57. The van der Waals surface area contributed by atoms with Crippen LogP contribution in [-0.2, 0) is 4.79 Å². The first kappa shape index (κ1) is 15.4. The smallest absolute Gasteiger partial charge is 0.237 e. The van der Waals surface area contributed by atoms with Crippen LogP contribution in [0.5, 0.6) is 0 Å². The number of aryl methyl sites for hydroxylation is 1. The van der Waals surface area contributed by atoms with Crippen LogP contribution in [0, 0.1) is 10.5 Å². The number of carbonyl (C=O) groups is 1. The zero-order valence-corrected chi connectivity index (χ0v) is 14.4. The van der Waals surface area contributed by atoms with Crippen molar-refractivity contribution in [2.45, 2.75) is 24.0 Å². The first-order valence-corrected chi connectivity index (χ1v) is 8.30. The lowest BCUT2D eigenvalue weighted by molar-refractivity contribution is -0.115. The number of carbonyl (C=O) groups excluding carboxylic acids is 1.